The summed E-state index contributed by atoms with van der Waals surface area (Å²) in [6, 6.07) is 4.85. The molecule has 1 aromatic carbocycles. The van der Waals surface area contributed by atoms with Gasteiger partial charge in [0.15, 0.2) is 12.6 Å². The number of ketones is 1. The monoisotopic (exact) mass is 433 g/mol. The summed E-state index contributed by atoms with van der Waals surface area (Å²) in [5, 5.41) is 12.1. The first-order chi connectivity index (χ1) is 12.7. The summed E-state index contributed by atoms with van der Waals surface area (Å²) < 4.78 is 19.0. The molecule has 0 bridgehead atoms. The topological polar surface area (TPSA) is 92.7 Å². The number of rotatable bonds is 7. The van der Waals surface area contributed by atoms with Gasteiger partial charge < -0.3 is 15.2 Å². The van der Waals surface area contributed by atoms with E-state index in [9.17, 15) is 23.9 Å². The van der Waals surface area contributed by atoms with Crippen LogP contribution in [0.2, 0.25) is 9.36 Å². The fourth-order valence-electron chi connectivity index (χ4n) is 2.03. The molecule has 1 amide bonds. The maximum atomic E-state index is 13.8. The van der Waals surface area contributed by atoms with Crippen LogP contribution in [0.4, 0.5) is 4.39 Å². The molecule has 0 aliphatic carbocycles. The summed E-state index contributed by atoms with van der Waals surface area (Å²) in [6.45, 7) is 0.641. The van der Waals surface area contributed by atoms with Crippen molar-refractivity contribution in [2.45, 2.75) is 19.1 Å². The first-order valence-corrected chi connectivity index (χ1v) is 9.15. The van der Waals surface area contributed by atoms with Gasteiger partial charge in [0.1, 0.15) is 5.82 Å². The lowest BCUT2D eigenvalue weighted by atomic mass is 10.1. The molecule has 27 heavy (non-hydrogen) atoms. The summed E-state index contributed by atoms with van der Waals surface area (Å²) in [7, 11) is 0. The Morgan fingerprint density at radius 1 is 1.26 bits per heavy atom. The van der Waals surface area contributed by atoms with Gasteiger partial charge in [0.05, 0.1) is 20.9 Å². The second kappa shape index (κ2) is 9.27. The first-order valence-electron chi connectivity index (χ1n) is 7.58. The van der Waals surface area contributed by atoms with Gasteiger partial charge in [-0.3, -0.25) is 9.59 Å². The van der Waals surface area contributed by atoms with Crippen molar-refractivity contribution >= 4 is 52.2 Å². The number of aliphatic hydroxyl groups excluding tert-OH is 1. The normalized spacial score (nSPS) is 12.9. The van der Waals surface area contributed by atoms with E-state index in [1.165, 1.54) is 25.1 Å². The van der Waals surface area contributed by atoms with Gasteiger partial charge in [0, 0.05) is 5.02 Å². The number of benzene rings is 1. The lowest BCUT2D eigenvalue weighted by Crippen LogP contribution is -2.49. The number of amides is 1. The zero-order chi connectivity index (χ0) is 20.1. The highest BCUT2D eigenvalue weighted by molar-refractivity contribution is 7.18. The van der Waals surface area contributed by atoms with Crippen LogP contribution in [0.5, 0.6) is 0 Å². The number of Topliss-reactive ketones (excluding diaryl/α,β-unsaturated/α-hetero) is 1. The van der Waals surface area contributed by atoms with E-state index in [2.05, 4.69) is 5.32 Å². The minimum absolute atomic E-state index is 0.123. The minimum Gasteiger partial charge on any atom is -0.456 e. The Kier molecular flexibility index (Phi) is 7.32. The molecule has 0 saturated carbocycles. The van der Waals surface area contributed by atoms with Crippen molar-refractivity contribution in [3.63, 3.8) is 0 Å². The van der Waals surface area contributed by atoms with Crippen LogP contribution in [0.3, 0.4) is 0 Å². The van der Waals surface area contributed by atoms with Crippen LogP contribution in [-0.4, -0.2) is 41.5 Å². The summed E-state index contributed by atoms with van der Waals surface area (Å²) in [4.78, 5) is 36.6. The Labute approximate surface area is 167 Å². The standard InChI is InChI=1S/C17H14Cl2FNO5S/c1-8(22)15(21-16(24)10-6-9(18)2-3-11(10)20)17(25)26-7-12(23)13-4-5-14(19)27-13/h2-6,8,15,22H,7H2,1H3,(H,21,24)/t8-,15+/m1/s1. The molecule has 0 aliphatic rings. The van der Waals surface area contributed by atoms with Gasteiger partial charge in [-0.2, -0.15) is 0 Å². The highest BCUT2D eigenvalue weighted by atomic mass is 35.5. The number of carbonyl (C=O) groups excluding carboxylic acids is 3. The van der Waals surface area contributed by atoms with E-state index < -0.39 is 47.8 Å². The molecule has 0 radical (unpaired) electrons. The Balaban J connectivity index is 2.03. The number of aliphatic hydroxyl groups is 1. The average Bonchev–Trinajstić information content (AvgIpc) is 3.05. The summed E-state index contributed by atoms with van der Waals surface area (Å²) >= 11 is 12.5. The zero-order valence-corrected chi connectivity index (χ0v) is 16.2. The fourth-order valence-corrected chi connectivity index (χ4v) is 3.17. The van der Waals surface area contributed by atoms with Gasteiger partial charge in [0.25, 0.3) is 5.91 Å². The van der Waals surface area contributed by atoms with Gasteiger partial charge in [-0.25, -0.2) is 9.18 Å². The van der Waals surface area contributed by atoms with E-state index in [1.54, 1.807) is 0 Å². The van der Waals surface area contributed by atoms with E-state index >= 15 is 0 Å². The Bertz CT molecular complexity index is 871. The van der Waals surface area contributed by atoms with Crippen molar-refractivity contribution in [2.75, 3.05) is 6.61 Å². The molecule has 0 aliphatic heterocycles. The predicted octanol–water partition coefficient (Wildman–Crippen LogP) is 3.10. The Morgan fingerprint density at radius 3 is 2.56 bits per heavy atom. The smallest absolute Gasteiger partial charge is 0.331 e. The van der Waals surface area contributed by atoms with Gasteiger partial charge in [-0.1, -0.05) is 23.2 Å². The lowest BCUT2D eigenvalue weighted by molar-refractivity contribution is -0.147. The summed E-state index contributed by atoms with van der Waals surface area (Å²) in [6.07, 6.45) is -1.35. The van der Waals surface area contributed by atoms with Gasteiger partial charge in [-0.05, 0) is 37.3 Å². The molecule has 0 spiro atoms. The van der Waals surface area contributed by atoms with E-state index in [0.717, 1.165) is 23.5 Å². The average molecular weight is 434 g/mol. The van der Waals surface area contributed by atoms with Crippen LogP contribution < -0.4 is 5.32 Å². The zero-order valence-electron chi connectivity index (χ0n) is 13.9. The second-order valence-electron chi connectivity index (χ2n) is 5.45. The number of ether oxygens (including phenoxy) is 1. The molecule has 1 aromatic heterocycles. The van der Waals surface area contributed by atoms with Crippen molar-refractivity contribution in [2.24, 2.45) is 0 Å². The van der Waals surface area contributed by atoms with Crippen molar-refractivity contribution in [1.29, 1.82) is 0 Å². The van der Waals surface area contributed by atoms with E-state index in [4.69, 9.17) is 27.9 Å². The molecule has 2 N–H and O–H groups in total. The number of nitrogens with one attached hydrogen (secondary N) is 1. The Morgan fingerprint density at radius 2 is 1.96 bits per heavy atom. The number of esters is 1. The SMILES string of the molecule is C[C@@H](O)[C@H](NC(=O)c1cc(Cl)ccc1F)C(=O)OCC(=O)c1ccc(Cl)s1. The van der Waals surface area contributed by atoms with Crippen molar-refractivity contribution < 1.29 is 28.6 Å². The van der Waals surface area contributed by atoms with Crippen LogP contribution in [0.25, 0.3) is 0 Å². The molecule has 1 heterocycles. The quantitative estimate of drug-likeness (QED) is 0.516. The first kappa shape index (κ1) is 21.3. The van der Waals surface area contributed by atoms with Crippen LogP contribution in [0.1, 0.15) is 27.0 Å². The molecule has 0 saturated heterocycles. The van der Waals surface area contributed by atoms with Crippen molar-refractivity contribution in [3.8, 4) is 0 Å². The number of halogens is 3. The molecule has 144 valence electrons. The minimum atomic E-state index is -1.50. The third kappa shape index (κ3) is 5.74. The van der Waals surface area contributed by atoms with Crippen LogP contribution >= 0.6 is 34.5 Å². The van der Waals surface area contributed by atoms with Crippen molar-refractivity contribution in [1.82, 2.24) is 5.32 Å². The van der Waals surface area contributed by atoms with Crippen LogP contribution in [0, 0.1) is 5.82 Å². The third-order valence-electron chi connectivity index (χ3n) is 3.39. The van der Waals surface area contributed by atoms with Gasteiger partial charge >= 0.3 is 5.97 Å². The van der Waals surface area contributed by atoms with E-state index in [0.29, 0.717) is 9.21 Å². The maximum Gasteiger partial charge on any atom is 0.331 e. The molecule has 0 fully saturated rings. The largest absolute Gasteiger partial charge is 0.456 e. The van der Waals surface area contributed by atoms with E-state index in [-0.39, 0.29) is 5.02 Å². The van der Waals surface area contributed by atoms with Gasteiger partial charge in [0.2, 0.25) is 5.78 Å². The molecule has 2 rings (SSSR count). The van der Waals surface area contributed by atoms with E-state index in [1.807, 2.05) is 0 Å². The number of carbonyl (C=O) groups is 3. The van der Waals surface area contributed by atoms with Gasteiger partial charge in [-0.15, -0.1) is 11.3 Å². The number of hydrogen-bond donors (Lipinski definition) is 2. The second-order valence-corrected chi connectivity index (χ2v) is 7.60. The molecule has 2 aromatic rings. The molecule has 6 nitrogen and oxygen atoms in total. The van der Waals surface area contributed by atoms with Crippen LogP contribution in [0.15, 0.2) is 30.3 Å². The summed E-state index contributed by atoms with van der Waals surface area (Å²) in [5.41, 5.74) is -0.398. The number of thiophene rings is 1. The molecular formula is C17H14Cl2FNO5S. The third-order valence-corrected chi connectivity index (χ3v) is 4.90. The molecule has 2 atom stereocenters. The maximum absolute atomic E-state index is 13.8. The van der Waals surface area contributed by atoms with Crippen LogP contribution in [-0.2, 0) is 9.53 Å². The Hall–Kier alpha value is -2.00. The molecule has 10 heteroatoms. The van der Waals surface area contributed by atoms with Crippen molar-refractivity contribution in [3.05, 3.63) is 55.9 Å². The summed E-state index contributed by atoms with van der Waals surface area (Å²) in [5.74, 6) is -3.35. The predicted molar refractivity (Wildman–Crippen MR) is 99.0 cm³/mol. The lowest BCUT2D eigenvalue weighted by Gasteiger charge is -2.20. The highest BCUT2D eigenvalue weighted by Gasteiger charge is 2.29. The fraction of sp³-hybridized carbons (Fsp3) is 0.235. The molecule has 0 unspecified atom stereocenters. The molecular weight excluding hydrogens is 420 g/mol. The highest BCUT2D eigenvalue weighted by Crippen LogP contribution is 2.22. The number of hydrogen-bond acceptors (Lipinski definition) is 6.